The van der Waals surface area contributed by atoms with Crippen LogP contribution in [0.1, 0.15) is 0 Å². The molecule has 2 N–H and O–H groups in total. The normalized spacial score (nSPS) is 9.36. The van der Waals surface area contributed by atoms with Crippen molar-refractivity contribution in [3.8, 4) is 11.8 Å². The first-order valence-corrected chi connectivity index (χ1v) is 5.41. The van der Waals surface area contributed by atoms with Crippen LogP contribution in [0.5, 0.6) is 5.75 Å². The van der Waals surface area contributed by atoms with Crippen LogP contribution < -0.4 is 10.5 Å². The minimum atomic E-state index is 0.514. The zero-order chi connectivity index (χ0) is 10.2. The van der Waals surface area contributed by atoms with E-state index >= 15 is 0 Å². The van der Waals surface area contributed by atoms with Gasteiger partial charge < -0.3 is 10.5 Å². The van der Waals surface area contributed by atoms with Gasteiger partial charge in [0, 0.05) is 17.5 Å². The van der Waals surface area contributed by atoms with E-state index in [-0.39, 0.29) is 0 Å². The molecule has 1 aromatic rings. The number of ether oxygens (including phenoxy) is 1. The van der Waals surface area contributed by atoms with Crippen LogP contribution in [0, 0.1) is 11.3 Å². The Hall–Kier alpha value is -1.34. The van der Waals surface area contributed by atoms with Gasteiger partial charge in [-0.15, -0.1) is 11.8 Å². The van der Waals surface area contributed by atoms with Crippen LogP contribution in [0.15, 0.2) is 24.3 Å². The van der Waals surface area contributed by atoms with Gasteiger partial charge in [0.1, 0.15) is 5.75 Å². The number of hydrogen-bond donors (Lipinski definition) is 1. The maximum atomic E-state index is 8.29. The Kier molecular flexibility index (Phi) is 4.73. The van der Waals surface area contributed by atoms with Gasteiger partial charge in [-0.2, -0.15) is 5.26 Å². The van der Waals surface area contributed by atoms with Crippen LogP contribution in [0.4, 0.5) is 5.69 Å². The van der Waals surface area contributed by atoms with Gasteiger partial charge in [0.2, 0.25) is 0 Å². The van der Waals surface area contributed by atoms with Gasteiger partial charge in [-0.25, -0.2) is 0 Å². The van der Waals surface area contributed by atoms with Crippen LogP contribution in [0.3, 0.4) is 0 Å². The summed E-state index contributed by atoms with van der Waals surface area (Å²) >= 11 is 1.56. The van der Waals surface area contributed by atoms with Gasteiger partial charge in [-0.3, -0.25) is 0 Å². The van der Waals surface area contributed by atoms with Crippen molar-refractivity contribution in [3.63, 3.8) is 0 Å². The second-order valence-electron chi connectivity index (χ2n) is 2.63. The third-order valence-electron chi connectivity index (χ3n) is 1.52. The lowest BCUT2D eigenvalue weighted by molar-refractivity contribution is 0.344. The number of nitrogens with two attached hydrogens (primary N) is 1. The minimum absolute atomic E-state index is 0.514. The Morgan fingerprint density at radius 1 is 1.50 bits per heavy atom. The van der Waals surface area contributed by atoms with Crippen molar-refractivity contribution in [1.82, 2.24) is 0 Å². The smallest absolute Gasteiger partial charge is 0.121 e. The molecule has 1 aromatic carbocycles. The van der Waals surface area contributed by atoms with E-state index in [2.05, 4.69) is 6.07 Å². The maximum absolute atomic E-state index is 8.29. The molecule has 0 unspecified atom stereocenters. The summed E-state index contributed by atoms with van der Waals surface area (Å²) in [7, 11) is 0. The zero-order valence-electron chi connectivity index (χ0n) is 7.77. The van der Waals surface area contributed by atoms with Gasteiger partial charge in [-0.1, -0.05) is 6.07 Å². The topological polar surface area (TPSA) is 59.0 Å². The third kappa shape index (κ3) is 4.06. The number of nitriles is 1. The van der Waals surface area contributed by atoms with Crippen LogP contribution in [-0.4, -0.2) is 18.1 Å². The van der Waals surface area contributed by atoms with Gasteiger partial charge in [0.25, 0.3) is 0 Å². The third-order valence-corrected chi connectivity index (χ3v) is 2.31. The maximum Gasteiger partial charge on any atom is 0.121 e. The molecule has 14 heavy (non-hydrogen) atoms. The Labute approximate surface area is 87.9 Å². The summed E-state index contributed by atoms with van der Waals surface area (Å²) in [5.74, 6) is 2.12. The number of hydrogen-bond acceptors (Lipinski definition) is 4. The Morgan fingerprint density at radius 2 is 2.36 bits per heavy atom. The van der Waals surface area contributed by atoms with E-state index in [9.17, 15) is 0 Å². The summed E-state index contributed by atoms with van der Waals surface area (Å²) in [6, 6.07) is 9.39. The van der Waals surface area contributed by atoms with Gasteiger partial charge in [0.15, 0.2) is 0 Å². The molecule has 0 amide bonds. The number of rotatable bonds is 5. The SMILES string of the molecule is N#CCSCCOc1cccc(N)c1. The fourth-order valence-electron chi connectivity index (χ4n) is 0.941. The molecule has 0 bridgehead atoms. The highest BCUT2D eigenvalue weighted by Crippen LogP contribution is 2.14. The van der Waals surface area contributed by atoms with Crippen LogP contribution in [0.25, 0.3) is 0 Å². The van der Waals surface area contributed by atoms with Crippen LogP contribution >= 0.6 is 11.8 Å². The summed E-state index contributed by atoms with van der Waals surface area (Å²) in [5.41, 5.74) is 6.28. The van der Waals surface area contributed by atoms with Gasteiger partial charge in [0.05, 0.1) is 18.4 Å². The van der Waals surface area contributed by atoms with E-state index in [1.807, 2.05) is 18.2 Å². The standard InChI is InChI=1S/C10H12N2OS/c11-4-6-14-7-5-13-10-3-1-2-9(12)8-10/h1-3,8H,5-7,12H2. The quantitative estimate of drug-likeness (QED) is 0.593. The van der Waals surface area contributed by atoms with Crippen molar-refractivity contribution in [2.45, 2.75) is 0 Å². The highest BCUT2D eigenvalue weighted by atomic mass is 32.2. The van der Waals surface area contributed by atoms with Crippen molar-refractivity contribution in [3.05, 3.63) is 24.3 Å². The molecule has 0 atom stereocenters. The van der Waals surface area contributed by atoms with E-state index in [0.29, 0.717) is 18.0 Å². The second kappa shape index (κ2) is 6.17. The predicted molar refractivity (Wildman–Crippen MR) is 59.3 cm³/mol. The number of thioether (sulfide) groups is 1. The molecule has 0 fully saturated rings. The number of anilines is 1. The zero-order valence-corrected chi connectivity index (χ0v) is 8.59. The van der Waals surface area contributed by atoms with E-state index in [4.69, 9.17) is 15.7 Å². The molecule has 0 saturated carbocycles. The average Bonchev–Trinajstić information content (AvgIpc) is 2.18. The highest BCUT2D eigenvalue weighted by molar-refractivity contribution is 7.99. The number of benzene rings is 1. The molecular formula is C10H12N2OS. The van der Waals surface area contributed by atoms with E-state index in [0.717, 1.165) is 11.5 Å². The van der Waals surface area contributed by atoms with Crippen molar-refractivity contribution >= 4 is 17.4 Å². The first-order chi connectivity index (χ1) is 6.83. The molecule has 0 saturated heterocycles. The van der Waals surface area contributed by atoms with Gasteiger partial charge >= 0.3 is 0 Å². The molecule has 0 aromatic heterocycles. The molecule has 0 aliphatic rings. The molecule has 74 valence electrons. The first kappa shape index (κ1) is 10.7. The largest absolute Gasteiger partial charge is 0.493 e. The average molecular weight is 208 g/mol. The fourth-order valence-corrected chi connectivity index (χ4v) is 1.38. The first-order valence-electron chi connectivity index (χ1n) is 4.26. The van der Waals surface area contributed by atoms with Crippen molar-refractivity contribution in [2.24, 2.45) is 0 Å². The summed E-state index contributed by atoms with van der Waals surface area (Å²) < 4.78 is 5.42. The fraction of sp³-hybridized carbons (Fsp3) is 0.300. The Bertz CT molecular complexity index is 322. The molecule has 0 radical (unpaired) electrons. The highest BCUT2D eigenvalue weighted by Gasteiger charge is 1.93. The molecular weight excluding hydrogens is 196 g/mol. The molecule has 1 rings (SSSR count). The Balaban J connectivity index is 2.22. The van der Waals surface area contributed by atoms with Crippen molar-refractivity contribution in [2.75, 3.05) is 23.8 Å². The molecule has 4 heteroatoms. The van der Waals surface area contributed by atoms with E-state index in [1.54, 1.807) is 17.8 Å². The Morgan fingerprint density at radius 3 is 3.07 bits per heavy atom. The van der Waals surface area contributed by atoms with Gasteiger partial charge in [-0.05, 0) is 12.1 Å². The van der Waals surface area contributed by atoms with Crippen LogP contribution in [0.2, 0.25) is 0 Å². The summed E-state index contributed by atoms with van der Waals surface area (Å²) in [5, 5.41) is 8.29. The summed E-state index contributed by atoms with van der Waals surface area (Å²) in [6.07, 6.45) is 0. The minimum Gasteiger partial charge on any atom is -0.493 e. The van der Waals surface area contributed by atoms with Crippen molar-refractivity contribution < 1.29 is 4.74 Å². The number of nitrogen functional groups attached to an aromatic ring is 1. The van der Waals surface area contributed by atoms with Crippen molar-refractivity contribution in [1.29, 1.82) is 5.26 Å². The van der Waals surface area contributed by atoms with Crippen LogP contribution in [-0.2, 0) is 0 Å². The lowest BCUT2D eigenvalue weighted by Gasteiger charge is -2.05. The molecule has 0 aliphatic heterocycles. The monoisotopic (exact) mass is 208 g/mol. The van der Waals surface area contributed by atoms with E-state index < -0.39 is 0 Å². The number of nitrogens with zero attached hydrogens (tertiary/aromatic N) is 1. The second-order valence-corrected chi connectivity index (χ2v) is 3.74. The molecule has 3 nitrogen and oxygen atoms in total. The molecule has 0 heterocycles. The predicted octanol–water partition coefficient (Wildman–Crippen LogP) is 1.90. The lowest BCUT2D eigenvalue weighted by Crippen LogP contribution is -2.00. The summed E-state index contributed by atoms with van der Waals surface area (Å²) in [6.45, 7) is 0.607. The molecule has 0 spiro atoms. The summed E-state index contributed by atoms with van der Waals surface area (Å²) in [4.78, 5) is 0. The van der Waals surface area contributed by atoms with E-state index in [1.165, 1.54) is 0 Å². The lowest BCUT2D eigenvalue weighted by atomic mass is 10.3. The molecule has 0 aliphatic carbocycles.